The second-order valence-electron chi connectivity index (χ2n) is 7.52. The second kappa shape index (κ2) is 10.8. The summed E-state index contributed by atoms with van der Waals surface area (Å²) >= 11 is 1.33. The van der Waals surface area contributed by atoms with Crippen molar-refractivity contribution < 1.29 is 14.3 Å². The Kier molecular flexibility index (Phi) is 7.89. The number of rotatable bonds is 9. The highest BCUT2D eigenvalue weighted by atomic mass is 32.2. The zero-order chi connectivity index (χ0) is 22.2. The number of nitrogens with one attached hydrogen (secondary N) is 1. The average molecular weight is 438 g/mol. The third-order valence-electron chi connectivity index (χ3n) is 4.67. The first kappa shape index (κ1) is 22.6. The maximum absolute atomic E-state index is 12.6. The van der Waals surface area contributed by atoms with Gasteiger partial charge in [0.25, 0.3) is 0 Å². The molecule has 2 aromatic carbocycles. The van der Waals surface area contributed by atoms with Gasteiger partial charge in [-0.25, -0.2) is 9.78 Å². The Bertz CT molecular complexity index is 1000. The van der Waals surface area contributed by atoms with Crippen LogP contribution in [0.25, 0.3) is 16.9 Å². The summed E-state index contributed by atoms with van der Waals surface area (Å²) in [6.07, 6.45) is 2.35. The summed E-state index contributed by atoms with van der Waals surface area (Å²) in [6, 6.07) is 19.3. The third kappa shape index (κ3) is 5.98. The average Bonchev–Trinajstić information content (AvgIpc) is 3.21. The molecule has 0 unspecified atom stereocenters. The van der Waals surface area contributed by atoms with Crippen molar-refractivity contribution >= 4 is 23.6 Å². The van der Waals surface area contributed by atoms with Crippen molar-refractivity contribution in [3.63, 3.8) is 0 Å². The lowest BCUT2D eigenvalue weighted by Gasteiger charge is -2.18. The van der Waals surface area contributed by atoms with Crippen LogP contribution in [0.2, 0.25) is 0 Å². The number of imidazole rings is 1. The van der Waals surface area contributed by atoms with Crippen LogP contribution in [0, 0.1) is 5.92 Å². The van der Waals surface area contributed by atoms with Gasteiger partial charge in [0.15, 0.2) is 5.16 Å². The number of hydrogen-bond donors (Lipinski definition) is 1. The SMILES string of the molecule is COC(=O)[C@H](CC(C)C)NC(=O)CSc1ncc(-c2ccccc2)n1-c1ccccc1. The quantitative estimate of drug-likeness (QED) is 0.398. The van der Waals surface area contributed by atoms with Crippen LogP contribution in [0.15, 0.2) is 72.0 Å². The maximum Gasteiger partial charge on any atom is 0.328 e. The molecule has 1 amide bonds. The van der Waals surface area contributed by atoms with Crippen molar-refractivity contribution in [2.45, 2.75) is 31.5 Å². The van der Waals surface area contributed by atoms with E-state index in [1.165, 1.54) is 18.9 Å². The van der Waals surface area contributed by atoms with E-state index in [2.05, 4.69) is 10.3 Å². The molecule has 0 bridgehead atoms. The van der Waals surface area contributed by atoms with Crippen molar-refractivity contribution in [1.29, 1.82) is 0 Å². The van der Waals surface area contributed by atoms with Gasteiger partial charge in [0, 0.05) is 11.3 Å². The summed E-state index contributed by atoms with van der Waals surface area (Å²) in [4.78, 5) is 29.1. The summed E-state index contributed by atoms with van der Waals surface area (Å²) in [5.74, 6) is -0.263. The van der Waals surface area contributed by atoms with Crippen molar-refractivity contribution in [1.82, 2.24) is 14.9 Å². The van der Waals surface area contributed by atoms with Gasteiger partial charge in [-0.2, -0.15) is 0 Å². The van der Waals surface area contributed by atoms with Crippen molar-refractivity contribution in [3.8, 4) is 16.9 Å². The van der Waals surface area contributed by atoms with Crippen LogP contribution in [-0.4, -0.2) is 40.3 Å². The van der Waals surface area contributed by atoms with E-state index in [-0.39, 0.29) is 17.6 Å². The van der Waals surface area contributed by atoms with Gasteiger partial charge in [-0.1, -0.05) is 74.1 Å². The Balaban J connectivity index is 1.79. The molecule has 0 spiro atoms. The Hall–Kier alpha value is -3.06. The topological polar surface area (TPSA) is 73.2 Å². The molecule has 0 saturated carbocycles. The van der Waals surface area contributed by atoms with E-state index in [0.717, 1.165) is 16.9 Å². The molecular weight excluding hydrogens is 410 g/mol. The lowest BCUT2D eigenvalue weighted by Crippen LogP contribution is -2.43. The Morgan fingerprint density at radius 3 is 2.32 bits per heavy atom. The molecular formula is C24H27N3O3S. The number of nitrogens with zero attached hydrogens (tertiary/aromatic N) is 2. The summed E-state index contributed by atoms with van der Waals surface area (Å²) in [7, 11) is 1.33. The Morgan fingerprint density at radius 1 is 1.06 bits per heavy atom. The molecule has 31 heavy (non-hydrogen) atoms. The molecule has 6 nitrogen and oxygen atoms in total. The van der Waals surface area contributed by atoms with E-state index in [9.17, 15) is 9.59 Å². The lowest BCUT2D eigenvalue weighted by molar-refractivity contribution is -0.145. The molecule has 1 aromatic heterocycles. The third-order valence-corrected chi connectivity index (χ3v) is 5.63. The molecule has 0 saturated heterocycles. The Morgan fingerprint density at radius 2 is 1.71 bits per heavy atom. The minimum atomic E-state index is -0.646. The first-order valence-corrected chi connectivity index (χ1v) is 11.2. The highest BCUT2D eigenvalue weighted by molar-refractivity contribution is 7.99. The van der Waals surface area contributed by atoms with Gasteiger partial charge in [0.05, 0.1) is 24.8 Å². The van der Waals surface area contributed by atoms with Crippen molar-refractivity contribution in [3.05, 3.63) is 66.9 Å². The number of esters is 1. The zero-order valence-electron chi connectivity index (χ0n) is 17.9. The predicted octanol–water partition coefficient (Wildman–Crippen LogP) is 4.34. The first-order chi connectivity index (χ1) is 15.0. The van der Waals surface area contributed by atoms with Crippen LogP contribution in [0.5, 0.6) is 0 Å². The van der Waals surface area contributed by atoms with Crippen molar-refractivity contribution in [2.24, 2.45) is 5.92 Å². The molecule has 1 heterocycles. The van der Waals surface area contributed by atoms with Gasteiger partial charge in [-0.3, -0.25) is 9.36 Å². The number of para-hydroxylation sites is 1. The number of thioether (sulfide) groups is 1. The number of carbonyl (C=O) groups excluding carboxylic acids is 2. The summed E-state index contributed by atoms with van der Waals surface area (Å²) in [5, 5.41) is 3.50. The minimum absolute atomic E-state index is 0.143. The molecule has 0 aliphatic rings. The monoisotopic (exact) mass is 437 g/mol. The van der Waals surface area contributed by atoms with Crippen molar-refractivity contribution in [2.75, 3.05) is 12.9 Å². The molecule has 0 fully saturated rings. The van der Waals surface area contributed by atoms with Crippen LogP contribution in [-0.2, 0) is 14.3 Å². The second-order valence-corrected chi connectivity index (χ2v) is 8.47. The van der Waals surface area contributed by atoms with E-state index in [1.807, 2.05) is 85.3 Å². The molecule has 3 rings (SSSR count). The van der Waals surface area contributed by atoms with E-state index in [0.29, 0.717) is 11.6 Å². The first-order valence-electron chi connectivity index (χ1n) is 10.2. The number of methoxy groups -OCH3 is 1. The number of hydrogen-bond acceptors (Lipinski definition) is 5. The van der Waals surface area contributed by atoms with Crippen LogP contribution in [0.4, 0.5) is 0 Å². The van der Waals surface area contributed by atoms with Crippen LogP contribution in [0.3, 0.4) is 0 Å². The molecule has 7 heteroatoms. The summed E-state index contributed by atoms with van der Waals surface area (Å²) < 4.78 is 6.87. The van der Waals surface area contributed by atoms with Crippen LogP contribution in [0.1, 0.15) is 20.3 Å². The molecule has 0 radical (unpaired) electrons. The minimum Gasteiger partial charge on any atom is -0.467 e. The Labute approximate surface area is 187 Å². The number of amides is 1. The number of benzene rings is 2. The molecule has 0 aliphatic heterocycles. The van der Waals surface area contributed by atoms with E-state index < -0.39 is 12.0 Å². The van der Waals surface area contributed by atoms with Crippen LogP contribution >= 0.6 is 11.8 Å². The standard InChI is InChI=1S/C24H27N3O3S/c1-17(2)14-20(23(29)30-3)26-22(28)16-31-24-25-15-21(18-10-6-4-7-11-18)27(24)19-12-8-5-9-13-19/h4-13,15,17,20H,14,16H2,1-3H3,(H,26,28)/t20-/m0/s1. The predicted molar refractivity (Wildman–Crippen MR) is 123 cm³/mol. The largest absolute Gasteiger partial charge is 0.467 e. The number of ether oxygens (including phenoxy) is 1. The highest BCUT2D eigenvalue weighted by Crippen LogP contribution is 2.29. The highest BCUT2D eigenvalue weighted by Gasteiger charge is 2.23. The van der Waals surface area contributed by atoms with Gasteiger partial charge < -0.3 is 10.1 Å². The normalized spacial score (nSPS) is 11.9. The van der Waals surface area contributed by atoms with E-state index >= 15 is 0 Å². The molecule has 162 valence electrons. The fourth-order valence-corrected chi connectivity index (χ4v) is 4.07. The van der Waals surface area contributed by atoms with Gasteiger partial charge >= 0.3 is 5.97 Å². The maximum atomic E-state index is 12.6. The zero-order valence-corrected chi connectivity index (χ0v) is 18.8. The smallest absolute Gasteiger partial charge is 0.328 e. The summed E-state index contributed by atoms with van der Waals surface area (Å²) in [5.41, 5.74) is 2.95. The summed E-state index contributed by atoms with van der Waals surface area (Å²) in [6.45, 7) is 4.00. The molecule has 1 atom stereocenters. The fraction of sp³-hybridized carbons (Fsp3) is 0.292. The number of carbonyl (C=O) groups is 2. The van der Waals surface area contributed by atoms with Gasteiger partial charge in [0.2, 0.25) is 5.91 Å². The van der Waals surface area contributed by atoms with Gasteiger partial charge in [0.1, 0.15) is 6.04 Å². The molecule has 3 aromatic rings. The lowest BCUT2D eigenvalue weighted by atomic mass is 10.0. The fourth-order valence-electron chi connectivity index (χ4n) is 3.27. The van der Waals surface area contributed by atoms with Gasteiger partial charge in [-0.15, -0.1) is 0 Å². The van der Waals surface area contributed by atoms with Gasteiger partial charge in [-0.05, 0) is 24.5 Å². The molecule has 0 aliphatic carbocycles. The number of aromatic nitrogens is 2. The molecule has 1 N–H and O–H groups in total. The van der Waals surface area contributed by atoms with E-state index in [1.54, 1.807) is 0 Å². The van der Waals surface area contributed by atoms with E-state index in [4.69, 9.17) is 4.74 Å². The van der Waals surface area contributed by atoms with Crippen LogP contribution < -0.4 is 5.32 Å².